The monoisotopic (exact) mass is 304 g/mol. The summed E-state index contributed by atoms with van der Waals surface area (Å²) in [6.07, 6.45) is 0.838. The SMILES string of the molecule is CCc1ccc(S(=O)(=O)NCc2ccccc2)cc1CN. The van der Waals surface area contributed by atoms with Crippen LogP contribution in [0.15, 0.2) is 53.4 Å². The zero-order valence-corrected chi connectivity index (χ0v) is 12.9. The number of aryl methyl sites for hydroxylation is 1. The van der Waals surface area contributed by atoms with Crippen molar-refractivity contribution < 1.29 is 8.42 Å². The van der Waals surface area contributed by atoms with Crippen molar-refractivity contribution >= 4 is 10.0 Å². The molecule has 0 aliphatic carbocycles. The predicted octanol–water partition coefficient (Wildman–Crippen LogP) is 2.19. The second-order valence-electron chi connectivity index (χ2n) is 4.80. The fourth-order valence-electron chi connectivity index (χ4n) is 2.16. The molecule has 21 heavy (non-hydrogen) atoms. The summed E-state index contributed by atoms with van der Waals surface area (Å²) in [6, 6.07) is 14.5. The molecule has 0 spiro atoms. The molecule has 2 rings (SSSR count). The smallest absolute Gasteiger partial charge is 0.240 e. The lowest BCUT2D eigenvalue weighted by molar-refractivity contribution is 0.581. The van der Waals surface area contributed by atoms with E-state index in [0.717, 1.165) is 23.1 Å². The molecule has 5 heteroatoms. The fourth-order valence-corrected chi connectivity index (χ4v) is 3.23. The third-order valence-electron chi connectivity index (χ3n) is 3.40. The molecule has 0 unspecified atom stereocenters. The zero-order valence-electron chi connectivity index (χ0n) is 12.0. The van der Waals surface area contributed by atoms with Crippen molar-refractivity contribution in [1.82, 2.24) is 4.72 Å². The molecule has 3 N–H and O–H groups in total. The summed E-state index contributed by atoms with van der Waals surface area (Å²) in [7, 11) is -3.52. The van der Waals surface area contributed by atoms with Crippen molar-refractivity contribution in [3.8, 4) is 0 Å². The Bertz CT molecular complexity index is 697. The highest BCUT2D eigenvalue weighted by atomic mass is 32.2. The van der Waals surface area contributed by atoms with Gasteiger partial charge in [0.2, 0.25) is 10.0 Å². The van der Waals surface area contributed by atoms with E-state index in [4.69, 9.17) is 5.73 Å². The summed E-state index contributed by atoms with van der Waals surface area (Å²) in [6.45, 7) is 2.64. The molecule has 0 bridgehead atoms. The molecule has 0 heterocycles. The van der Waals surface area contributed by atoms with E-state index in [1.165, 1.54) is 0 Å². The van der Waals surface area contributed by atoms with Crippen molar-refractivity contribution in [2.75, 3.05) is 0 Å². The van der Waals surface area contributed by atoms with Crippen LogP contribution in [0.25, 0.3) is 0 Å². The lowest BCUT2D eigenvalue weighted by atomic mass is 10.1. The summed E-state index contributed by atoms with van der Waals surface area (Å²) in [5.74, 6) is 0. The van der Waals surface area contributed by atoms with Gasteiger partial charge in [0.15, 0.2) is 0 Å². The van der Waals surface area contributed by atoms with E-state index in [0.29, 0.717) is 6.54 Å². The Kier molecular flexibility index (Phi) is 5.12. The number of hydrogen-bond acceptors (Lipinski definition) is 3. The average molecular weight is 304 g/mol. The Morgan fingerprint density at radius 1 is 1.05 bits per heavy atom. The van der Waals surface area contributed by atoms with Crippen LogP contribution in [0.5, 0.6) is 0 Å². The standard InChI is InChI=1S/C16H20N2O2S/c1-2-14-8-9-16(10-15(14)11-17)21(19,20)18-12-13-6-4-3-5-7-13/h3-10,18H,2,11-12,17H2,1H3. The van der Waals surface area contributed by atoms with E-state index in [1.54, 1.807) is 12.1 Å². The first-order chi connectivity index (χ1) is 10.1. The first kappa shape index (κ1) is 15.7. The number of benzene rings is 2. The summed E-state index contributed by atoms with van der Waals surface area (Å²) < 4.78 is 27.3. The highest BCUT2D eigenvalue weighted by Gasteiger charge is 2.15. The summed E-state index contributed by atoms with van der Waals surface area (Å²) in [5, 5.41) is 0. The highest BCUT2D eigenvalue weighted by Crippen LogP contribution is 2.17. The van der Waals surface area contributed by atoms with Crippen molar-refractivity contribution in [2.45, 2.75) is 31.3 Å². The molecule has 0 aliphatic heterocycles. The van der Waals surface area contributed by atoms with Crippen molar-refractivity contribution in [3.05, 3.63) is 65.2 Å². The van der Waals surface area contributed by atoms with Gasteiger partial charge in [-0.05, 0) is 35.2 Å². The van der Waals surface area contributed by atoms with Gasteiger partial charge in [0.25, 0.3) is 0 Å². The van der Waals surface area contributed by atoms with Gasteiger partial charge < -0.3 is 5.73 Å². The zero-order chi connectivity index (χ0) is 15.3. The molecule has 0 fully saturated rings. The van der Waals surface area contributed by atoms with Gasteiger partial charge in [0.05, 0.1) is 4.90 Å². The van der Waals surface area contributed by atoms with Gasteiger partial charge in [-0.2, -0.15) is 0 Å². The molecule has 2 aromatic carbocycles. The molecule has 0 amide bonds. The van der Waals surface area contributed by atoms with Crippen LogP contribution in [-0.2, 0) is 29.5 Å². The number of hydrogen-bond donors (Lipinski definition) is 2. The molecule has 0 aliphatic rings. The van der Waals surface area contributed by atoms with Crippen LogP contribution >= 0.6 is 0 Å². The molecule has 0 radical (unpaired) electrons. The molecule has 0 aromatic heterocycles. The Morgan fingerprint density at radius 2 is 1.76 bits per heavy atom. The number of sulfonamides is 1. The van der Waals surface area contributed by atoms with E-state index >= 15 is 0 Å². The lowest BCUT2D eigenvalue weighted by Crippen LogP contribution is -2.23. The largest absolute Gasteiger partial charge is 0.326 e. The minimum atomic E-state index is -3.52. The van der Waals surface area contributed by atoms with Crippen LogP contribution < -0.4 is 10.5 Å². The summed E-state index contributed by atoms with van der Waals surface area (Å²) in [5.41, 5.74) is 8.57. The topological polar surface area (TPSA) is 72.2 Å². The fraction of sp³-hybridized carbons (Fsp3) is 0.250. The number of nitrogens with two attached hydrogens (primary N) is 1. The van der Waals surface area contributed by atoms with E-state index in [-0.39, 0.29) is 11.4 Å². The van der Waals surface area contributed by atoms with Crippen LogP contribution in [0.3, 0.4) is 0 Å². The third kappa shape index (κ3) is 3.91. The second kappa shape index (κ2) is 6.85. The van der Waals surface area contributed by atoms with Gasteiger partial charge in [0.1, 0.15) is 0 Å². The average Bonchev–Trinajstić information content (AvgIpc) is 2.53. The minimum absolute atomic E-state index is 0.260. The van der Waals surface area contributed by atoms with E-state index in [9.17, 15) is 8.42 Å². The molecule has 0 saturated carbocycles. The Morgan fingerprint density at radius 3 is 2.38 bits per heavy atom. The summed E-state index contributed by atoms with van der Waals surface area (Å²) >= 11 is 0. The van der Waals surface area contributed by atoms with E-state index in [2.05, 4.69) is 4.72 Å². The molecular weight excluding hydrogens is 284 g/mol. The van der Waals surface area contributed by atoms with Gasteiger partial charge >= 0.3 is 0 Å². The van der Waals surface area contributed by atoms with Crippen molar-refractivity contribution in [3.63, 3.8) is 0 Å². The van der Waals surface area contributed by atoms with Crippen LogP contribution in [0.4, 0.5) is 0 Å². The Balaban J connectivity index is 2.19. The van der Waals surface area contributed by atoms with Crippen LogP contribution in [-0.4, -0.2) is 8.42 Å². The van der Waals surface area contributed by atoms with E-state index < -0.39 is 10.0 Å². The first-order valence-corrected chi connectivity index (χ1v) is 8.40. The van der Waals surface area contributed by atoms with Crippen LogP contribution in [0.1, 0.15) is 23.6 Å². The predicted molar refractivity (Wildman–Crippen MR) is 84.2 cm³/mol. The van der Waals surface area contributed by atoms with Crippen LogP contribution in [0, 0.1) is 0 Å². The molecule has 0 saturated heterocycles. The van der Waals surface area contributed by atoms with Gasteiger partial charge in [-0.1, -0.05) is 43.3 Å². The Labute approximate surface area is 126 Å². The molecule has 2 aromatic rings. The van der Waals surface area contributed by atoms with Crippen molar-refractivity contribution in [2.24, 2.45) is 5.73 Å². The van der Waals surface area contributed by atoms with Crippen LogP contribution in [0.2, 0.25) is 0 Å². The van der Waals surface area contributed by atoms with Gasteiger partial charge in [-0.25, -0.2) is 13.1 Å². The number of rotatable bonds is 6. The third-order valence-corrected chi connectivity index (χ3v) is 4.80. The molecular formula is C16H20N2O2S. The quantitative estimate of drug-likeness (QED) is 0.859. The molecule has 4 nitrogen and oxygen atoms in total. The number of nitrogens with one attached hydrogen (secondary N) is 1. The normalized spacial score (nSPS) is 11.5. The maximum absolute atomic E-state index is 12.3. The highest BCUT2D eigenvalue weighted by molar-refractivity contribution is 7.89. The van der Waals surface area contributed by atoms with Gasteiger partial charge in [-0.3, -0.25) is 0 Å². The minimum Gasteiger partial charge on any atom is -0.326 e. The molecule has 112 valence electrons. The maximum Gasteiger partial charge on any atom is 0.240 e. The van der Waals surface area contributed by atoms with Crippen molar-refractivity contribution in [1.29, 1.82) is 0 Å². The second-order valence-corrected chi connectivity index (χ2v) is 6.57. The van der Waals surface area contributed by atoms with Gasteiger partial charge in [-0.15, -0.1) is 0 Å². The lowest BCUT2D eigenvalue weighted by Gasteiger charge is -2.11. The maximum atomic E-state index is 12.3. The summed E-state index contributed by atoms with van der Waals surface area (Å²) in [4.78, 5) is 0.260. The van der Waals surface area contributed by atoms with E-state index in [1.807, 2.05) is 43.3 Å². The Hall–Kier alpha value is -1.69. The first-order valence-electron chi connectivity index (χ1n) is 6.92. The molecule has 0 atom stereocenters. The van der Waals surface area contributed by atoms with Gasteiger partial charge in [0, 0.05) is 13.1 Å².